The fraction of sp³-hybridized carbons (Fsp3) is 0.116. The molecule has 0 spiro atoms. The Kier molecular flexibility index (Phi) is 47.1. The number of nitrogens with zero attached hydrogens (tertiary/aromatic N) is 6. The Labute approximate surface area is 822 Å². The second-order valence-electron chi connectivity index (χ2n) is 26.1. The number of thiocarbonyl (C=S) groups is 6. The third-order valence-corrected chi connectivity index (χ3v) is 19.3. The number of para-hydroxylation sites is 12. The van der Waals surface area contributed by atoms with Crippen LogP contribution in [-0.2, 0) is 6.18 Å². The SMILES string of the molecule is COc1ccccc1/C=N/NC(=S)Nc1cc(Cl)ccc1OC.COc1ccccc1/C=N/NC(=S)Nc1cccc(Cl)c1OC.COc1ccccc1/C=N/NC(=S)Nc1ccccc1C.COc1ccccc1/C=N/NC(=S)Nc1ccccc1C(F)(F)F.COc1ccccc1/C=N/NC(=S)Nc1ccccc1Cl.COc1ccccc1/C=N/NC(=S)Nc1ccccc1OC. The van der Waals surface area contributed by atoms with Crippen LogP contribution in [0.2, 0.25) is 15.1 Å². The Balaban J connectivity index is 0.000000220. The summed E-state index contributed by atoms with van der Waals surface area (Å²) < 4.78 is 85.8. The lowest BCUT2D eigenvalue weighted by atomic mass is 10.2. The van der Waals surface area contributed by atoms with Crippen molar-refractivity contribution < 1.29 is 55.8 Å². The molecule has 0 radical (unpaired) electrons. The van der Waals surface area contributed by atoms with Crippen molar-refractivity contribution >= 4 is 210 Å². The molecule has 0 aliphatic carbocycles. The van der Waals surface area contributed by atoms with Gasteiger partial charge in [-0.05, 0) is 231 Å². The highest BCUT2D eigenvalue weighted by atomic mass is 35.5. The van der Waals surface area contributed by atoms with Gasteiger partial charge in [0, 0.05) is 44.1 Å². The number of anilines is 6. The van der Waals surface area contributed by atoms with Gasteiger partial charge in [-0.1, -0.05) is 168 Å². The van der Waals surface area contributed by atoms with Crippen LogP contribution in [0.15, 0.2) is 310 Å². The van der Waals surface area contributed by atoms with Gasteiger partial charge in [0.1, 0.15) is 46.0 Å². The molecule has 0 heterocycles. The van der Waals surface area contributed by atoms with Gasteiger partial charge >= 0.3 is 6.18 Å². The topological polar surface area (TPSA) is 302 Å². The molecule has 0 aliphatic rings. The average molecular weight is 1990 g/mol. The van der Waals surface area contributed by atoms with E-state index in [1.54, 1.807) is 143 Å². The molecule has 39 heteroatoms. The Morgan fingerprint density at radius 1 is 0.261 bits per heavy atom. The first-order chi connectivity index (χ1) is 64.8. The van der Waals surface area contributed by atoms with E-state index in [2.05, 4.69) is 95.1 Å². The monoisotopic (exact) mass is 1980 g/mol. The van der Waals surface area contributed by atoms with Crippen LogP contribution in [0.1, 0.15) is 44.5 Å². The highest BCUT2D eigenvalue weighted by Crippen LogP contribution is 2.36. The lowest BCUT2D eigenvalue weighted by molar-refractivity contribution is -0.136. The minimum absolute atomic E-state index is 0.0575. The largest absolute Gasteiger partial charge is 0.496 e. The van der Waals surface area contributed by atoms with Gasteiger partial charge in [-0.2, -0.15) is 43.8 Å². The zero-order valence-corrected chi connectivity index (χ0v) is 80.8. The summed E-state index contributed by atoms with van der Waals surface area (Å²) in [5.74, 6) is 6.19. The zero-order valence-electron chi connectivity index (χ0n) is 73.6. The Morgan fingerprint density at radius 2 is 0.515 bits per heavy atom. The molecular weight excluding hydrogens is 1890 g/mol. The van der Waals surface area contributed by atoms with Crippen LogP contribution >= 0.6 is 108 Å². The second-order valence-corrected chi connectivity index (χ2v) is 29.8. The Bertz CT molecular complexity index is 5870. The smallest absolute Gasteiger partial charge is 0.418 e. The van der Waals surface area contributed by atoms with Crippen molar-refractivity contribution in [3.05, 3.63) is 339 Å². The fourth-order valence-electron chi connectivity index (χ4n) is 11.0. The molecule has 12 N–H and O–H groups in total. The highest BCUT2D eigenvalue weighted by molar-refractivity contribution is 7.81. The number of alkyl halides is 3. The van der Waals surface area contributed by atoms with Crippen LogP contribution in [0.3, 0.4) is 0 Å². The standard InChI is InChI=1S/2C16H16ClN3O2S.C16H14F3N3OS.C16H17N3O2S.C16H17N3OS.C15H14ClN3OS/c1-21-14-9-4-3-6-11(14)10-18-20-16(23)19-13-8-5-7-12(17)15(13)22-2;1-21-14-6-4-3-5-11(14)10-18-20-16(23)19-13-9-12(17)7-8-15(13)22-2;1-23-14-9-5-2-6-11(14)10-20-22-15(24)21-13-8-4-3-7-12(13)16(17,18)19;1-20-14-9-5-3-7-12(14)11-17-19-16(22)18-13-8-4-6-10-15(13)21-2;1-12-7-3-5-9-14(12)18-16(21)19-17-11-13-8-4-6-10-15(13)20-2;1-20-14-9-5-2-6-11(14)10-17-19-15(21)18-13-8-4-3-7-12(13)16/h2*3-10H,1-2H3,(H2,19,20,23);2-10H,1H3,(H2,21,22,24);3-11H,1-2H3,(H2,18,19,22);3-11H,1-2H3,(H2,18,19,21);2-10H,1H3,(H2,18,19,21)/b2*18-10+;20-10+;2*17-11+;17-10+. The van der Waals surface area contributed by atoms with Crippen LogP contribution in [-0.4, -0.2) is 132 Å². The first-order valence-electron chi connectivity index (χ1n) is 39.5. The van der Waals surface area contributed by atoms with E-state index < -0.39 is 11.7 Å². The average Bonchev–Trinajstić information content (AvgIpc) is 0.852. The zero-order chi connectivity index (χ0) is 96.8. The molecule has 12 aromatic carbocycles. The van der Waals surface area contributed by atoms with Crippen molar-refractivity contribution in [3.63, 3.8) is 0 Å². The third-order valence-electron chi connectivity index (χ3n) is 17.2. The number of hydrogen-bond acceptors (Lipinski definition) is 21. The van der Waals surface area contributed by atoms with Crippen molar-refractivity contribution in [1.82, 2.24) is 32.6 Å². The normalized spacial score (nSPS) is 10.5. The summed E-state index contributed by atoms with van der Waals surface area (Å²) in [5.41, 5.74) is 25.2. The quantitative estimate of drug-likeness (QED) is 0.0129. The number of hydrogen-bond donors (Lipinski definition) is 12. The lowest BCUT2D eigenvalue weighted by Gasteiger charge is -2.14. The van der Waals surface area contributed by atoms with E-state index >= 15 is 0 Å². The van der Waals surface area contributed by atoms with Gasteiger partial charge < -0.3 is 74.5 Å². The van der Waals surface area contributed by atoms with Crippen LogP contribution < -0.4 is 107 Å². The summed E-state index contributed by atoms with van der Waals surface area (Å²) in [6, 6.07) is 83.4. The minimum Gasteiger partial charge on any atom is -0.496 e. The van der Waals surface area contributed by atoms with Gasteiger partial charge in [0.05, 0.1) is 145 Å². The van der Waals surface area contributed by atoms with Crippen LogP contribution in [0, 0.1) is 6.92 Å². The predicted octanol–water partition coefficient (Wildman–Crippen LogP) is 21.4. The van der Waals surface area contributed by atoms with E-state index in [0.717, 1.165) is 85.3 Å². The van der Waals surface area contributed by atoms with Crippen molar-refractivity contribution in [2.75, 3.05) is 95.9 Å². The van der Waals surface area contributed by atoms with E-state index in [-0.39, 0.29) is 10.8 Å². The Morgan fingerprint density at radius 3 is 0.858 bits per heavy atom. The van der Waals surface area contributed by atoms with Gasteiger partial charge in [0.2, 0.25) is 0 Å². The maximum Gasteiger partial charge on any atom is 0.418 e. The van der Waals surface area contributed by atoms with E-state index in [1.807, 2.05) is 207 Å². The molecule has 0 atom stereocenters. The molecule has 0 saturated heterocycles. The second kappa shape index (κ2) is 59.1. The molecule has 12 aromatic rings. The van der Waals surface area contributed by atoms with Gasteiger partial charge in [-0.25, -0.2) is 0 Å². The van der Waals surface area contributed by atoms with Crippen molar-refractivity contribution in [2.24, 2.45) is 30.6 Å². The summed E-state index contributed by atoms with van der Waals surface area (Å²) in [5, 5.41) is 45.3. The maximum absolute atomic E-state index is 12.9. The summed E-state index contributed by atoms with van der Waals surface area (Å²) >= 11 is 49.0. The van der Waals surface area contributed by atoms with Crippen LogP contribution in [0.25, 0.3) is 0 Å². The van der Waals surface area contributed by atoms with E-state index in [0.29, 0.717) is 80.6 Å². The van der Waals surface area contributed by atoms with Gasteiger partial charge in [0.25, 0.3) is 0 Å². The van der Waals surface area contributed by atoms with Crippen molar-refractivity contribution in [3.8, 4) is 51.7 Å². The number of rotatable bonds is 27. The molecule has 12 rings (SSSR count). The summed E-state index contributed by atoms with van der Waals surface area (Å²) in [7, 11) is 14.3. The van der Waals surface area contributed by atoms with Gasteiger partial charge in [-0.3, -0.25) is 32.6 Å². The molecule has 0 bridgehead atoms. The first kappa shape index (κ1) is 107. The number of ether oxygens (including phenoxy) is 9. The molecule has 0 aliphatic heterocycles. The molecule has 27 nitrogen and oxygen atoms in total. The predicted molar refractivity (Wildman–Crippen MR) is 563 cm³/mol. The van der Waals surface area contributed by atoms with Crippen LogP contribution in [0.4, 0.5) is 47.3 Å². The van der Waals surface area contributed by atoms with Crippen LogP contribution in [0.5, 0.6) is 51.7 Å². The van der Waals surface area contributed by atoms with E-state index in [9.17, 15) is 13.2 Å². The third kappa shape index (κ3) is 37.5. The first-order valence-corrected chi connectivity index (χ1v) is 43.1. The molecule has 0 saturated carbocycles. The van der Waals surface area contributed by atoms with E-state index in [4.69, 9.17) is 151 Å². The summed E-state index contributed by atoms with van der Waals surface area (Å²) in [6.45, 7) is 2.02. The number of methoxy groups -OCH3 is 9. The van der Waals surface area contributed by atoms with Crippen molar-refractivity contribution in [2.45, 2.75) is 13.1 Å². The Hall–Kier alpha value is -14.3. The molecule has 0 amide bonds. The molecule has 696 valence electrons. The summed E-state index contributed by atoms with van der Waals surface area (Å²) in [6.07, 6.45) is 5.20. The fourth-order valence-corrected chi connectivity index (χ4v) is 12.5. The number of halogens is 6. The maximum atomic E-state index is 12.9. The number of benzene rings is 12. The number of nitrogens with one attached hydrogen (secondary N) is 12. The van der Waals surface area contributed by atoms with Crippen molar-refractivity contribution in [1.29, 1.82) is 0 Å². The number of aryl methyl sites for hydroxylation is 1. The molecule has 134 heavy (non-hydrogen) atoms. The van der Waals surface area contributed by atoms with Gasteiger partial charge in [0.15, 0.2) is 36.4 Å². The molecular formula is C95H94Cl3F3N18O9S6. The summed E-state index contributed by atoms with van der Waals surface area (Å²) in [4.78, 5) is 0. The molecule has 0 unspecified atom stereocenters. The van der Waals surface area contributed by atoms with Gasteiger partial charge in [-0.15, -0.1) is 0 Å². The lowest BCUT2D eigenvalue weighted by Crippen LogP contribution is -2.25. The molecule has 0 aromatic heterocycles. The number of hydrazone groups is 6. The highest BCUT2D eigenvalue weighted by Gasteiger charge is 2.33. The molecule has 0 fully saturated rings. The van der Waals surface area contributed by atoms with E-state index in [1.165, 1.54) is 31.5 Å². The minimum atomic E-state index is -4.47.